The van der Waals surface area contributed by atoms with Crippen LogP contribution in [0.5, 0.6) is 0 Å². The van der Waals surface area contributed by atoms with Gasteiger partial charge in [-0.05, 0) is 24.3 Å². The van der Waals surface area contributed by atoms with E-state index in [1.165, 1.54) is 12.3 Å². The van der Waals surface area contributed by atoms with E-state index in [0.717, 1.165) is 18.2 Å². The summed E-state index contributed by atoms with van der Waals surface area (Å²) in [5, 5.41) is 10.8. The molecular weight excluding hydrogens is 232 g/mol. The largest absolute Gasteiger partial charge is 0.486 e. The van der Waals surface area contributed by atoms with Gasteiger partial charge in [0.25, 0.3) is 6.04 Å². The summed E-state index contributed by atoms with van der Waals surface area (Å²) in [7, 11) is 0. The molecule has 0 bridgehead atoms. The van der Waals surface area contributed by atoms with E-state index in [1.807, 2.05) is 0 Å². The zero-order valence-electron chi connectivity index (χ0n) is 8.68. The highest BCUT2D eigenvalue weighted by Gasteiger charge is 2.37. The smallest absolute Gasteiger partial charge is 0.257 e. The van der Waals surface area contributed by atoms with Gasteiger partial charge in [-0.15, -0.1) is 0 Å². The molecule has 0 radical (unpaired) electrons. The van der Waals surface area contributed by atoms with Gasteiger partial charge in [0, 0.05) is 16.9 Å². The Morgan fingerprint density at radius 2 is 2.18 bits per heavy atom. The van der Waals surface area contributed by atoms with Crippen molar-refractivity contribution in [2.45, 2.75) is 18.6 Å². The molecule has 2 atom stereocenters. The van der Waals surface area contributed by atoms with Crippen molar-refractivity contribution in [2.75, 3.05) is 0 Å². The van der Waals surface area contributed by atoms with Gasteiger partial charge in [0.05, 0.1) is 6.26 Å². The molecule has 1 aromatic rings. The number of ether oxygens (including phenoxy) is 1. The Balaban J connectivity index is 2.40. The summed E-state index contributed by atoms with van der Waals surface area (Å²) in [6, 6.07) is 1.72. The summed E-state index contributed by atoms with van der Waals surface area (Å²) in [6.45, 7) is 0. The van der Waals surface area contributed by atoms with Crippen molar-refractivity contribution in [1.82, 2.24) is 0 Å². The van der Waals surface area contributed by atoms with Crippen LogP contribution < -0.4 is 0 Å². The van der Waals surface area contributed by atoms with E-state index < -0.39 is 28.7 Å². The summed E-state index contributed by atoms with van der Waals surface area (Å²) in [6.07, 6.45) is 1.80. The molecule has 6 heteroatoms. The molecule has 1 heterocycles. The van der Waals surface area contributed by atoms with Crippen LogP contribution in [0.15, 0.2) is 30.5 Å². The molecule has 0 aromatic heterocycles. The highest BCUT2D eigenvalue weighted by atomic mass is 19.1. The van der Waals surface area contributed by atoms with E-state index in [9.17, 15) is 18.9 Å². The molecule has 0 N–H and O–H groups in total. The van der Waals surface area contributed by atoms with Gasteiger partial charge in [-0.25, -0.2) is 8.78 Å². The maximum absolute atomic E-state index is 13.5. The summed E-state index contributed by atoms with van der Waals surface area (Å²) >= 11 is 0. The van der Waals surface area contributed by atoms with E-state index in [1.54, 1.807) is 0 Å². The Hall–Kier alpha value is -1.98. The molecule has 4 nitrogen and oxygen atoms in total. The van der Waals surface area contributed by atoms with Crippen LogP contribution in [0.2, 0.25) is 0 Å². The fourth-order valence-electron chi connectivity index (χ4n) is 1.76. The number of hydrogen-bond acceptors (Lipinski definition) is 3. The maximum Gasteiger partial charge on any atom is 0.257 e. The fraction of sp³-hybridized carbons (Fsp3) is 0.273. The summed E-state index contributed by atoms with van der Waals surface area (Å²) in [5.74, 6) is -1.36. The number of benzene rings is 1. The molecule has 90 valence electrons. The minimum absolute atomic E-state index is 0.129. The molecule has 1 aliphatic heterocycles. The molecule has 0 unspecified atom stereocenters. The molecular formula is C11H9F2NO3. The van der Waals surface area contributed by atoms with Crippen LogP contribution in [0, 0.1) is 21.7 Å². The second-order valence-electron chi connectivity index (χ2n) is 3.68. The number of nitro groups is 1. The molecule has 0 saturated carbocycles. The third kappa shape index (κ3) is 2.25. The third-order valence-corrected chi connectivity index (χ3v) is 2.58. The minimum atomic E-state index is -1.10. The first-order chi connectivity index (χ1) is 8.09. The van der Waals surface area contributed by atoms with Gasteiger partial charge in [-0.1, -0.05) is 0 Å². The quantitative estimate of drug-likeness (QED) is 0.590. The van der Waals surface area contributed by atoms with Crippen LogP contribution in [0.1, 0.15) is 18.1 Å². The average Bonchev–Trinajstić information content (AvgIpc) is 2.32. The highest BCUT2D eigenvalue weighted by Crippen LogP contribution is 2.31. The highest BCUT2D eigenvalue weighted by molar-refractivity contribution is 5.23. The number of halogens is 2. The van der Waals surface area contributed by atoms with Gasteiger partial charge in [0.15, 0.2) is 6.10 Å². The van der Waals surface area contributed by atoms with Crippen molar-refractivity contribution in [3.8, 4) is 0 Å². The monoisotopic (exact) mass is 241 g/mol. The first-order valence-corrected chi connectivity index (χ1v) is 4.98. The molecule has 1 aliphatic rings. The predicted octanol–water partition coefficient (Wildman–Crippen LogP) is 2.59. The fourth-order valence-corrected chi connectivity index (χ4v) is 1.76. The van der Waals surface area contributed by atoms with E-state index in [4.69, 9.17) is 4.74 Å². The summed E-state index contributed by atoms with van der Waals surface area (Å²) in [4.78, 5) is 10.3. The lowest BCUT2D eigenvalue weighted by atomic mass is 9.98. The van der Waals surface area contributed by atoms with Gasteiger partial charge in [-0.3, -0.25) is 10.1 Å². The Kier molecular flexibility index (Phi) is 3.03. The number of nitrogens with zero attached hydrogens (tertiary/aromatic N) is 1. The Morgan fingerprint density at radius 1 is 1.41 bits per heavy atom. The summed E-state index contributed by atoms with van der Waals surface area (Å²) in [5.41, 5.74) is -0.129. The van der Waals surface area contributed by atoms with Crippen molar-refractivity contribution in [1.29, 1.82) is 0 Å². The zero-order chi connectivity index (χ0) is 12.4. The molecule has 17 heavy (non-hydrogen) atoms. The Bertz CT molecular complexity index is 476. The number of rotatable bonds is 2. The lowest BCUT2D eigenvalue weighted by Crippen LogP contribution is -2.30. The molecule has 0 saturated heterocycles. The van der Waals surface area contributed by atoms with Gasteiger partial charge >= 0.3 is 0 Å². The van der Waals surface area contributed by atoms with E-state index in [-0.39, 0.29) is 12.0 Å². The van der Waals surface area contributed by atoms with Crippen LogP contribution in [0.25, 0.3) is 0 Å². The first-order valence-electron chi connectivity index (χ1n) is 4.98. The predicted molar refractivity (Wildman–Crippen MR) is 54.7 cm³/mol. The number of hydrogen-bond donors (Lipinski definition) is 0. The van der Waals surface area contributed by atoms with Crippen molar-refractivity contribution >= 4 is 0 Å². The normalized spacial score (nSPS) is 23.2. The van der Waals surface area contributed by atoms with Crippen molar-refractivity contribution < 1.29 is 18.4 Å². The average molecular weight is 241 g/mol. The van der Waals surface area contributed by atoms with Crippen molar-refractivity contribution in [3.63, 3.8) is 0 Å². The van der Waals surface area contributed by atoms with Gasteiger partial charge < -0.3 is 4.74 Å². The van der Waals surface area contributed by atoms with Crippen molar-refractivity contribution in [3.05, 3.63) is 57.8 Å². The first kappa shape index (κ1) is 11.5. The summed E-state index contributed by atoms with van der Waals surface area (Å²) < 4.78 is 31.6. The van der Waals surface area contributed by atoms with Gasteiger partial charge in [0.2, 0.25) is 0 Å². The maximum atomic E-state index is 13.5. The standard InChI is InChI=1S/C11H9F2NO3/c12-7-3-4-9(13)8(6-7)11-10(14(15)16)2-1-5-17-11/h1,3-6,10-11H,2H2/t10-,11+/m0/s1. The van der Waals surface area contributed by atoms with Crippen LogP contribution in [-0.2, 0) is 4.74 Å². The lowest BCUT2D eigenvalue weighted by Gasteiger charge is -2.23. The van der Waals surface area contributed by atoms with Crippen molar-refractivity contribution in [2.24, 2.45) is 0 Å². The third-order valence-electron chi connectivity index (χ3n) is 2.58. The molecule has 0 aliphatic carbocycles. The van der Waals surface area contributed by atoms with Crippen LogP contribution in [-0.4, -0.2) is 11.0 Å². The van der Waals surface area contributed by atoms with Crippen LogP contribution in [0.4, 0.5) is 8.78 Å². The Labute approximate surface area is 95.7 Å². The van der Waals surface area contributed by atoms with E-state index >= 15 is 0 Å². The molecule has 0 spiro atoms. The van der Waals surface area contributed by atoms with E-state index in [0.29, 0.717) is 0 Å². The zero-order valence-corrected chi connectivity index (χ0v) is 8.68. The van der Waals surface area contributed by atoms with Gasteiger partial charge in [-0.2, -0.15) is 0 Å². The molecule has 0 amide bonds. The topological polar surface area (TPSA) is 52.4 Å². The SMILES string of the molecule is O=[N+]([O-])[C@H]1CC=CO[C@@H]1c1cc(F)ccc1F. The molecule has 2 rings (SSSR count). The second-order valence-corrected chi connectivity index (χ2v) is 3.68. The minimum Gasteiger partial charge on any atom is -0.486 e. The van der Waals surface area contributed by atoms with Crippen LogP contribution >= 0.6 is 0 Å². The van der Waals surface area contributed by atoms with E-state index in [2.05, 4.69) is 0 Å². The second kappa shape index (κ2) is 4.48. The molecule has 1 aromatic carbocycles. The molecule has 0 fully saturated rings. The Morgan fingerprint density at radius 3 is 2.88 bits per heavy atom. The van der Waals surface area contributed by atoms with Crippen LogP contribution in [0.3, 0.4) is 0 Å². The lowest BCUT2D eigenvalue weighted by molar-refractivity contribution is -0.536. The van der Waals surface area contributed by atoms with Gasteiger partial charge in [0.1, 0.15) is 11.6 Å².